The number of carbonyl (C=O) groups excluding carboxylic acids is 1. The third-order valence-electron chi connectivity index (χ3n) is 4.09. The molecule has 1 N–H and O–H groups in total. The van der Waals surface area contributed by atoms with Crippen molar-refractivity contribution in [3.8, 4) is 17.2 Å². The van der Waals surface area contributed by atoms with Gasteiger partial charge >= 0.3 is 0 Å². The topological polar surface area (TPSA) is 56.8 Å². The molecule has 0 saturated heterocycles. The van der Waals surface area contributed by atoms with E-state index in [0.29, 0.717) is 17.2 Å². The number of hydrogen-bond donors (Lipinski definition) is 1. The Morgan fingerprint density at radius 3 is 2.19 bits per heavy atom. The molecule has 26 heavy (non-hydrogen) atoms. The van der Waals surface area contributed by atoms with Gasteiger partial charge in [0.2, 0.25) is 11.7 Å². The van der Waals surface area contributed by atoms with Crippen LogP contribution in [0.2, 0.25) is 0 Å². The second-order valence-corrected chi connectivity index (χ2v) is 5.90. The molecule has 1 amide bonds. The standard InChI is InChI=1S/C21H25NO4/c1-14-6-8-16(9-7-14)15(2)22-19(23)13-11-17-10-12-18(24-3)21(26-5)20(17)25-4/h6-13,15H,1-5H3,(H,22,23)/b13-11+/t15-/m1/s1. The summed E-state index contributed by atoms with van der Waals surface area (Å²) in [6, 6.07) is 11.6. The van der Waals surface area contributed by atoms with Crippen molar-refractivity contribution < 1.29 is 19.0 Å². The maximum atomic E-state index is 12.2. The summed E-state index contributed by atoms with van der Waals surface area (Å²) in [4.78, 5) is 12.2. The van der Waals surface area contributed by atoms with Gasteiger partial charge in [0.25, 0.3) is 0 Å². The molecule has 0 spiro atoms. The molecule has 0 fully saturated rings. The number of hydrogen-bond acceptors (Lipinski definition) is 4. The van der Waals surface area contributed by atoms with Gasteiger partial charge in [0, 0.05) is 11.6 Å². The van der Waals surface area contributed by atoms with Crippen molar-refractivity contribution in [2.24, 2.45) is 0 Å². The molecule has 0 aliphatic rings. The van der Waals surface area contributed by atoms with E-state index < -0.39 is 0 Å². The van der Waals surface area contributed by atoms with E-state index in [1.54, 1.807) is 33.5 Å². The molecule has 2 aromatic carbocycles. The molecule has 2 aromatic rings. The summed E-state index contributed by atoms with van der Waals surface area (Å²) >= 11 is 0. The predicted molar refractivity (Wildman–Crippen MR) is 103 cm³/mol. The number of carbonyl (C=O) groups is 1. The van der Waals surface area contributed by atoms with E-state index >= 15 is 0 Å². The van der Waals surface area contributed by atoms with E-state index in [-0.39, 0.29) is 11.9 Å². The van der Waals surface area contributed by atoms with E-state index in [0.717, 1.165) is 11.1 Å². The fourth-order valence-electron chi connectivity index (χ4n) is 2.62. The lowest BCUT2D eigenvalue weighted by atomic mass is 10.1. The third kappa shape index (κ3) is 4.57. The van der Waals surface area contributed by atoms with Crippen molar-refractivity contribution in [1.29, 1.82) is 0 Å². The normalized spacial score (nSPS) is 11.9. The molecule has 0 aliphatic carbocycles. The summed E-state index contributed by atoms with van der Waals surface area (Å²) < 4.78 is 16.0. The molecular weight excluding hydrogens is 330 g/mol. The number of rotatable bonds is 7. The highest BCUT2D eigenvalue weighted by Gasteiger charge is 2.14. The first-order chi connectivity index (χ1) is 12.5. The van der Waals surface area contributed by atoms with E-state index in [4.69, 9.17) is 14.2 Å². The van der Waals surface area contributed by atoms with Crippen LogP contribution < -0.4 is 19.5 Å². The predicted octanol–water partition coefficient (Wildman–Crippen LogP) is 3.91. The van der Waals surface area contributed by atoms with Crippen molar-refractivity contribution in [2.45, 2.75) is 19.9 Å². The molecule has 0 bridgehead atoms. The van der Waals surface area contributed by atoms with E-state index in [9.17, 15) is 4.79 Å². The minimum Gasteiger partial charge on any atom is -0.493 e. The molecule has 0 heterocycles. The Balaban J connectivity index is 2.13. The second-order valence-electron chi connectivity index (χ2n) is 5.90. The molecule has 0 aliphatic heterocycles. The molecule has 0 unspecified atom stereocenters. The first-order valence-corrected chi connectivity index (χ1v) is 8.34. The van der Waals surface area contributed by atoms with Gasteiger partial charge in [0.1, 0.15) is 0 Å². The van der Waals surface area contributed by atoms with Gasteiger partial charge in [-0.05, 0) is 37.6 Å². The maximum Gasteiger partial charge on any atom is 0.244 e. The van der Waals surface area contributed by atoms with Crippen LogP contribution >= 0.6 is 0 Å². The van der Waals surface area contributed by atoms with Crippen LogP contribution in [0.3, 0.4) is 0 Å². The van der Waals surface area contributed by atoms with Gasteiger partial charge in [0.05, 0.1) is 27.4 Å². The van der Waals surface area contributed by atoms with Crippen LogP contribution in [0.25, 0.3) is 6.08 Å². The molecule has 1 atom stereocenters. The van der Waals surface area contributed by atoms with Crippen LogP contribution in [0, 0.1) is 6.92 Å². The van der Waals surface area contributed by atoms with E-state index in [1.807, 2.05) is 44.2 Å². The van der Waals surface area contributed by atoms with Crippen molar-refractivity contribution in [2.75, 3.05) is 21.3 Å². The van der Waals surface area contributed by atoms with Gasteiger partial charge in [-0.15, -0.1) is 0 Å². The summed E-state index contributed by atoms with van der Waals surface area (Å²) in [5, 5.41) is 2.95. The molecule has 0 radical (unpaired) electrons. The van der Waals surface area contributed by atoms with Crippen LogP contribution in [0.4, 0.5) is 0 Å². The Labute approximate surface area is 154 Å². The summed E-state index contributed by atoms with van der Waals surface area (Å²) in [6.07, 6.45) is 3.17. The lowest BCUT2D eigenvalue weighted by molar-refractivity contribution is -0.117. The van der Waals surface area contributed by atoms with Crippen LogP contribution in [0.15, 0.2) is 42.5 Å². The van der Waals surface area contributed by atoms with Crippen LogP contribution in [-0.2, 0) is 4.79 Å². The summed E-state index contributed by atoms with van der Waals surface area (Å²) in [6.45, 7) is 3.99. The average molecular weight is 355 g/mol. The summed E-state index contributed by atoms with van der Waals surface area (Å²) in [5.41, 5.74) is 2.97. The van der Waals surface area contributed by atoms with Gasteiger partial charge in [-0.2, -0.15) is 0 Å². The molecular formula is C21H25NO4. The monoisotopic (exact) mass is 355 g/mol. The molecule has 0 aromatic heterocycles. The van der Waals surface area contributed by atoms with Crippen molar-refractivity contribution >= 4 is 12.0 Å². The van der Waals surface area contributed by atoms with Crippen LogP contribution in [0.1, 0.15) is 29.7 Å². The minimum atomic E-state index is -0.185. The third-order valence-corrected chi connectivity index (χ3v) is 4.09. The Kier molecular flexibility index (Phi) is 6.67. The van der Waals surface area contributed by atoms with Crippen molar-refractivity contribution in [3.63, 3.8) is 0 Å². The SMILES string of the molecule is COc1ccc(/C=C/C(=O)N[C@H](C)c2ccc(C)cc2)c(OC)c1OC. The summed E-state index contributed by atoms with van der Waals surface area (Å²) in [5.74, 6) is 1.39. The zero-order valence-corrected chi connectivity index (χ0v) is 15.8. The lowest BCUT2D eigenvalue weighted by Gasteiger charge is -2.14. The number of amides is 1. The van der Waals surface area contributed by atoms with Crippen molar-refractivity contribution in [1.82, 2.24) is 5.32 Å². The molecule has 138 valence electrons. The van der Waals surface area contributed by atoms with Crippen molar-refractivity contribution in [3.05, 3.63) is 59.2 Å². The Bertz CT molecular complexity index is 781. The Morgan fingerprint density at radius 1 is 0.962 bits per heavy atom. The minimum absolute atomic E-state index is 0.0833. The number of methoxy groups -OCH3 is 3. The number of ether oxygens (including phenoxy) is 3. The number of aryl methyl sites for hydroxylation is 1. The van der Waals surface area contributed by atoms with E-state index in [1.165, 1.54) is 11.6 Å². The highest BCUT2D eigenvalue weighted by atomic mass is 16.5. The lowest BCUT2D eigenvalue weighted by Crippen LogP contribution is -2.24. The van der Waals surface area contributed by atoms with Crippen LogP contribution in [-0.4, -0.2) is 27.2 Å². The molecule has 5 nitrogen and oxygen atoms in total. The zero-order valence-electron chi connectivity index (χ0n) is 15.8. The van der Waals surface area contributed by atoms with Crippen LogP contribution in [0.5, 0.6) is 17.2 Å². The van der Waals surface area contributed by atoms with Gasteiger partial charge in [0.15, 0.2) is 11.5 Å². The average Bonchev–Trinajstić information content (AvgIpc) is 2.65. The number of nitrogens with one attached hydrogen (secondary N) is 1. The first kappa shape index (κ1) is 19.4. The highest BCUT2D eigenvalue weighted by molar-refractivity contribution is 5.92. The smallest absolute Gasteiger partial charge is 0.244 e. The van der Waals surface area contributed by atoms with E-state index in [2.05, 4.69) is 5.32 Å². The largest absolute Gasteiger partial charge is 0.493 e. The zero-order chi connectivity index (χ0) is 19.1. The Morgan fingerprint density at radius 2 is 1.62 bits per heavy atom. The maximum absolute atomic E-state index is 12.2. The highest BCUT2D eigenvalue weighted by Crippen LogP contribution is 2.40. The fraction of sp³-hybridized carbons (Fsp3) is 0.286. The molecule has 0 saturated carbocycles. The fourth-order valence-corrected chi connectivity index (χ4v) is 2.62. The molecule has 5 heteroatoms. The summed E-state index contributed by atoms with van der Waals surface area (Å²) in [7, 11) is 4.66. The van der Waals surface area contributed by atoms with Gasteiger partial charge in [-0.25, -0.2) is 0 Å². The van der Waals surface area contributed by atoms with Gasteiger partial charge < -0.3 is 19.5 Å². The number of benzene rings is 2. The first-order valence-electron chi connectivity index (χ1n) is 8.34. The van der Waals surface area contributed by atoms with Gasteiger partial charge in [-0.3, -0.25) is 4.79 Å². The Hall–Kier alpha value is -2.95. The molecule has 2 rings (SSSR count). The quantitative estimate of drug-likeness (QED) is 0.765. The second kappa shape index (κ2) is 8.94. The van der Waals surface area contributed by atoms with Gasteiger partial charge in [-0.1, -0.05) is 29.8 Å².